The second-order valence-corrected chi connectivity index (χ2v) is 7.44. The van der Waals surface area contributed by atoms with Gasteiger partial charge in [-0.25, -0.2) is 0 Å². The lowest BCUT2D eigenvalue weighted by Crippen LogP contribution is -2.52. The summed E-state index contributed by atoms with van der Waals surface area (Å²) in [7, 11) is 0. The number of hydrogen-bond acceptors (Lipinski definition) is 2. The molecule has 1 saturated heterocycles. The van der Waals surface area contributed by atoms with E-state index in [9.17, 15) is 9.59 Å². The lowest BCUT2D eigenvalue weighted by molar-refractivity contribution is -0.141. The second-order valence-electron chi connectivity index (χ2n) is 7.44. The maximum atomic E-state index is 13.0. The highest BCUT2D eigenvalue weighted by atomic mass is 16.2. The van der Waals surface area contributed by atoms with Crippen LogP contribution in [0.5, 0.6) is 0 Å². The fraction of sp³-hybridized carbons (Fsp3) is 0.600. The van der Waals surface area contributed by atoms with Gasteiger partial charge in [-0.2, -0.15) is 0 Å². The maximum absolute atomic E-state index is 13.0. The molecule has 2 rings (SSSR count). The molecule has 4 heteroatoms. The number of carbonyl (C=O) groups is 2. The van der Waals surface area contributed by atoms with Crippen LogP contribution in [0.3, 0.4) is 0 Å². The minimum Gasteiger partial charge on any atom is -0.339 e. The zero-order valence-electron chi connectivity index (χ0n) is 15.4. The molecule has 24 heavy (non-hydrogen) atoms. The molecule has 1 aliphatic rings. The smallest absolute Gasteiger partial charge is 0.230 e. The summed E-state index contributed by atoms with van der Waals surface area (Å²) in [5.74, 6) is 0.915. The molecule has 0 aliphatic carbocycles. The Kier molecular flexibility index (Phi) is 6.41. The van der Waals surface area contributed by atoms with E-state index in [0.29, 0.717) is 38.5 Å². The van der Waals surface area contributed by atoms with Crippen molar-refractivity contribution in [2.45, 2.75) is 40.0 Å². The number of piperazine rings is 1. The number of nitrogens with zero attached hydrogens (tertiary/aromatic N) is 2. The molecule has 0 radical (unpaired) electrons. The third kappa shape index (κ3) is 4.59. The third-order valence-electron chi connectivity index (χ3n) is 4.62. The van der Waals surface area contributed by atoms with Crippen LogP contribution in [0.4, 0.5) is 0 Å². The van der Waals surface area contributed by atoms with Crippen LogP contribution in [0.15, 0.2) is 30.3 Å². The average Bonchev–Trinajstić information content (AvgIpc) is 2.55. The highest BCUT2D eigenvalue weighted by Crippen LogP contribution is 2.27. The molecule has 0 bridgehead atoms. The number of benzene rings is 1. The first kappa shape index (κ1) is 18.5. The molecule has 1 fully saturated rings. The Labute approximate surface area is 145 Å². The van der Waals surface area contributed by atoms with Crippen LogP contribution in [-0.4, -0.2) is 47.8 Å². The normalized spacial score (nSPS) is 16.6. The number of carbonyl (C=O) groups excluding carboxylic acids is 2. The van der Waals surface area contributed by atoms with Gasteiger partial charge in [0.2, 0.25) is 11.8 Å². The van der Waals surface area contributed by atoms with Crippen LogP contribution in [-0.2, 0) is 9.59 Å². The predicted molar refractivity (Wildman–Crippen MR) is 96.6 cm³/mol. The first-order valence-corrected chi connectivity index (χ1v) is 9.01. The molecule has 1 heterocycles. The van der Waals surface area contributed by atoms with E-state index in [0.717, 1.165) is 5.56 Å². The van der Waals surface area contributed by atoms with E-state index >= 15 is 0 Å². The molecule has 1 atom stereocenters. The van der Waals surface area contributed by atoms with Crippen molar-refractivity contribution >= 4 is 11.8 Å². The van der Waals surface area contributed by atoms with Gasteiger partial charge in [0.25, 0.3) is 0 Å². The van der Waals surface area contributed by atoms with E-state index in [1.165, 1.54) is 0 Å². The number of rotatable bonds is 5. The van der Waals surface area contributed by atoms with Crippen molar-refractivity contribution in [3.63, 3.8) is 0 Å². The molecular formula is C20H30N2O2. The van der Waals surface area contributed by atoms with Gasteiger partial charge in [-0.1, -0.05) is 58.0 Å². The Morgan fingerprint density at radius 3 is 1.96 bits per heavy atom. The van der Waals surface area contributed by atoms with Gasteiger partial charge < -0.3 is 9.80 Å². The minimum absolute atomic E-state index is 0.107. The van der Waals surface area contributed by atoms with Crippen LogP contribution < -0.4 is 0 Å². The van der Waals surface area contributed by atoms with E-state index in [4.69, 9.17) is 0 Å². The van der Waals surface area contributed by atoms with Crippen LogP contribution in [0, 0.1) is 11.8 Å². The van der Waals surface area contributed by atoms with Crippen molar-refractivity contribution < 1.29 is 9.59 Å². The Morgan fingerprint density at radius 1 is 0.917 bits per heavy atom. The topological polar surface area (TPSA) is 40.6 Å². The van der Waals surface area contributed by atoms with Gasteiger partial charge in [-0.3, -0.25) is 9.59 Å². The molecule has 1 aromatic rings. The van der Waals surface area contributed by atoms with E-state index in [1.54, 1.807) is 0 Å². The van der Waals surface area contributed by atoms with E-state index < -0.39 is 0 Å². The lowest BCUT2D eigenvalue weighted by Gasteiger charge is -2.37. The molecule has 0 aromatic heterocycles. The first-order chi connectivity index (χ1) is 11.4. The van der Waals surface area contributed by atoms with Crippen molar-refractivity contribution in [3.05, 3.63) is 35.9 Å². The Hall–Kier alpha value is -1.84. The van der Waals surface area contributed by atoms with Crippen molar-refractivity contribution in [2.75, 3.05) is 26.2 Å². The van der Waals surface area contributed by atoms with Gasteiger partial charge in [-0.15, -0.1) is 0 Å². The van der Waals surface area contributed by atoms with Gasteiger partial charge in [0.05, 0.1) is 5.92 Å². The van der Waals surface area contributed by atoms with Crippen LogP contribution in [0.2, 0.25) is 0 Å². The molecular weight excluding hydrogens is 300 g/mol. The lowest BCUT2D eigenvalue weighted by atomic mass is 9.87. The molecule has 1 aliphatic heterocycles. The maximum Gasteiger partial charge on any atom is 0.230 e. The quantitative estimate of drug-likeness (QED) is 0.832. The van der Waals surface area contributed by atoms with Gasteiger partial charge in [0.15, 0.2) is 0 Å². The summed E-state index contributed by atoms with van der Waals surface area (Å²) in [6.45, 7) is 10.9. The Balaban J connectivity index is 1.99. The highest BCUT2D eigenvalue weighted by Gasteiger charge is 2.31. The summed E-state index contributed by atoms with van der Waals surface area (Å²) < 4.78 is 0. The minimum atomic E-state index is -0.107. The summed E-state index contributed by atoms with van der Waals surface area (Å²) in [6, 6.07) is 10.0. The largest absolute Gasteiger partial charge is 0.339 e. The monoisotopic (exact) mass is 330 g/mol. The zero-order chi connectivity index (χ0) is 17.7. The second kappa shape index (κ2) is 8.32. The van der Waals surface area contributed by atoms with Crippen LogP contribution in [0.25, 0.3) is 0 Å². The summed E-state index contributed by atoms with van der Waals surface area (Å²) >= 11 is 0. The molecule has 0 N–H and O–H groups in total. The molecule has 1 unspecified atom stereocenters. The highest BCUT2D eigenvalue weighted by molar-refractivity contribution is 5.84. The summed E-state index contributed by atoms with van der Waals surface area (Å²) in [5.41, 5.74) is 1.08. The fourth-order valence-electron chi connectivity index (χ4n) is 3.32. The van der Waals surface area contributed by atoms with Crippen LogP contribution >= 0.6 is 0 Å². The van der Waals surface area contributed by atoms with Gasteiger partial charge in [-0.05, 0) is 17.4 Å². The summed E-state index contributed by atoms with van der Waals surface area (Å²) in [5, 5.41) is 0. The third-order valence-corrected chi connectivity index (χ3v) is 4.62. The van der Waals surface area contributed by atoms with E-state index in [-0.39, 0.29) is 23.7 Å². The fourth-order valence-corrected chi connectivity index (χ4v) is 3.32. The van der Waals surface area contributed by atoms with Crippen molar-refractivity contribution in [1.29, 1.82) is 0 Å². The number of hydrogen-bond donors (Lipinski definition) is 0. The molecule has 4 nitrogen and oxygen atoms in total. The summed E-state index contributed by atoms with van der Waals surface area (Å²) in [4.78, 5) is 29.0. The molecule has 1 aromatic carbocycles. The van der Waals surface area contributed by atoms with Gasteiger partial charge >= 0.3 is 0 Å². The molecule has 132 valence electrons. The van der Waals surface area contributed by atoms with E-state index in [2.05, 4.69) is 27.7 Å². The molecule has 0 saturated carbocycles. The number of amides is 2. The zero-order valence-corrected chi connectivity index (χ0v) is 15.4. The van der Waals surface area contributed by atoms with E-state index in [1.807, 2.05) is 40.1 Å². The first-order valence-electron chi connectivity index (χ1n) is 9.01. The average molecular weight is 330 g/mol. The van der Waals surface area contributed by atoms with Crippen molar-refractivity contribution in [3.8, 4) is 0 Å². The standard InChI is InChI=1S/C20H30N2O2/c1-15(2)14-18(23)21-10-12-22(13-11-21)20(24)19(16(3)4)17-8-6-5-7-9-17/h5-9,15-16,19H,10-14H2,1-4H3. The van der Waals surface area contributed by atoms with Crippen LogP contribution in [0.1, 0.15) is 45.6 Å². The predicted octanol–water partition coefficient (Wildman–Crippen LogP) is 3.14. The Bertz CT molecular complexity index is 546. The van der Waals surface area contributed by atoms with Gasteiger partial charge in [0.1, 0.15) is 0 Å². The SMILES string of the molecule is CC(C)CC(=O)N1CCN(C(=O)C(c2ccccc2)C(C)C)CC1. The van der Waals surface area contributed by atoms with Crippen molar-refractivity contribution in [1.82, 2.24) is 9.80 Å². The molecule has 0 spiro atoms. The van der Waals surface area contributed by atoms with Crippen molar-refractivity contribution in [2.24, 2.45) is 11.8 Å². The summed E-state index contributed by atoms with van der Waals surface area (Å²) in [6.07, 6.45) is 0.590. The molecule has 2 amide bonds. The van der Waals surface area contributed by atoms with Gasteiger partial charge in [0, 0.05) is 32.6 Å². The Morgan fingerprint density at radius 2 is 1.46 bits per heavy atom.